The van der Waals surface area contributed by atoms with Crippen LogP contribution in [0.25, 0.3) is 0 Å². The van der Waals surface area contributed by atoms with Crippen molar-refractivity contribution >= 4 is 0 Å². The lowest BCUT2D eigenvalue weighted by Gasteiger charge is -2.36. The van der Waals surface area contributed by atoms with Gasteiger partial charge in [-0.25, -0.2) is 0 Å². The Kier molecular flexibility index (Phi) is 4.67. The third-order valence-corrected chi connectivity index (χ3v) is 5.55. The fourth-order valence-corrected chi connectivity index (χ4v) is 4.30. The number of hydrogen-bond acceptors (Lipinski definition) is 3. The molecule has 128 valence electrons. The average molecular weight is 324 g/mol. The molecule has 0 aliphatic carbocycles. The Balaban J connectivity index is 1.37. The van der Waals surface area contributed by atoms with Crippen LogP contribution in [0.1, 0.15) is 24.1 Å². The predicted molar refractivity (Wildman–Crippen MR) is 96.8 cm³/mol. The molecule has 0 saturated carbocycles. The molecule has 1 aromatic heterocycles. The van der Waals surface area contributed by atoms with Crippen molar-refractivity contribution in [3.8, 4) is 0 Å². The lowest BCUT2D eigenvalue weighted by molar-refractivity contribution is 0.123. The van der Waals surface area contributed by atoms with Gasteiger partial charge in [0.05, 0.1) is 12.2 Å². The molecule has 3 aliphatic heterocycles. The number of piperidine rings is 1. The Bertz CT molecular complexity index is 651. The van der Waals surface area contributed by atoms with E-state index in [0.717, 1.165) is 31.2 Å². The van der Waals surface area contributed by atoms with Gasteiger partial charge >= 0.3 is 0 Å². The first-order chi connectivity index (χ1) is 11.8. The van der Waals surface area contributed by atoms with Gasteiger partial charge in [-0.2, -0.15) is 5.10 Å². The molecule has 3 fully saturated rings. The molecular formula is C20H28N4. The van der Waals surface area contributed by atoms with Crippen LogP contribution in [0.3, 0.4) is 0 Å². The number of aromatic nitrogens is 2. The lowest BCUT2D eigenvalue weighted by Crippen LogP contribution is -2.43. The molecule has 0 amide bonds. The van der Waals surface area contributed by atoms with Gasteiger partial charge in [-0.1, -0.05) is 30.3 Å². The van der Waals surface area contributed by atoms with Gasteiger partial charge < -0.3 is 0 Å². The number of benzene rings is 1. The summed E-state index contributed by atoms with van der Waals surface area (Å²) >= 11 is 0. The second kappa shape index (κ2) is 7.08. The highest BCUT2D eigenvalue weighted by molar-refractivity contribution is 5.15. The van der Waals surface area contributed by atoms with Gasteiger partial charge in [0.1, 0.15) is 0 Å². The van der Waals surface area contributed by atoms with Crippen LogP contribution in [0.15, 0.2) is 42.6 Å². The van der Waals surface area contributed by atoms with Gasteiger partial charge in [-0.05, 0) is 37.3 Å². The van der Waals surface area contributed by atoms with E-state index in [9.17, 15) is 0 Å². The molecular weight excluding hydrogens is 296 g/mol. The molecule has 0 spiro atoms. The monoisotopic (exact) mass is 324 g/mol. The first-order valence-corrected chi connectivity index (χ1v) is 9.26. The number of nitrogens with zero attached hydrogens (tertiary/aromatic N) is 4. The molecule has 2 aromatic rings. The Hall–Kier alpha value is -1.65. The van der Waals surface area contributed by atoms with Crippen LogP contribution in [-0.4, -0.2) is 51.8 Å². The quantitative estimate of drug-likeness (QED) is 0.845. The molecule has 24 heavy (non-hydrogen) atoms. The molecule has 3 saturated heterocycles. The molecule has 4 heterocycles. The zero-order valence-corrected chi connectivity index (χ0v) is 14.6. The number of aryl methyl sites for hydroxylation is 1. The van der Waals surface area contributed by atoms with E-state index in [1.54, 1.807) is 0 Å². The maximum Gasteiger partial charge on any atom is 0.0593 e. The summed E-state index contributed by atoms with van der Waals surface area (Å²) in [6.07, 6.45) is 4.85. The largest absolute Gasteiger partial charge is 0.300 e. The number of hydrogen-bond donors (Lipinski definition) is 0. The Morgan fingerprint density at radius 3 is 2.67 bits per heavy atom. The SMILES string of the molecule is Cc1ccn(CCN2C[C@H]3CC[C@@H](C2)N(Cc2ccccc2)C3)n1. The molecule has 4 nitrogen and oxygen atoms in total. The first kappa shape index (κ1) is 15.9. The standard InChI is InChI=1S/C20H28N4/c1-17-9-10-24(21-17)12-11-22-13-19-7-8-20(16-22)23(15-19)14-18-5-3-2-4-6-18/h2-6,9-10,19-20H,7-8,11-16H2,1H3/t19-,20+/m1/s1. The first-order valence-electron chi connectivity index (χ1n) is 9.26. The van der Waals surface area contributed by atoms with Gasteiger partial charge in [-0.3, -0.25) is 14.5 Å². The third-order valence-electron chi connectivity index (χ3n) is 5.55. The van der Waals surface area contributed by atoms with Crippen LogP contribution in [0.2, 0.25) is 0 Å². The molecule has 5 rings (SSSR count). The minimum atomic E-state index is 0.711. The highest BCUT2D eigenvalue weighted by Crippen LogP contribution is 2.29. The van der Waals surface area contributed by atoms with Crippen molar-refractivity contribution in [3.63, 3.8) is 0 Å². The van der Waals surface area contributed by atoms with Crippen molar-refractivity contribution in [2.45, 2.75) is 38.9 Å². The van der Waals surface area contributed by atoms with Crippen LogP contribution in [0.4, 0.5) is 0 Å². The molecule has 0 radical (unpaired) electrons. The maximum atomic E-state index is 4.52. The van der Waals surface area contributed by atoms with Crippen LogP contribution in [-0.2, 0) is 13.1 Å². The van der Waals surface area contributed by atoms with Crippen molar-refractivity contribution in [2.75, 3.05) is 26.2 Å². The van der Waals surface area contributed by atoms with Crippen LogP contribution in [0, 0.1) is 12.8 Å². The van der Waals surface area contributed by atoms with E-state index in [2.05, 4.69) is 69.1 Å². The summed E-state index contributed by atoms with van der Waals surface area (Å²) in [5, 5.41) is 4.52. The summed E-state index contributed by atoms with van der Waals surface area (Å²) in [5.41, 5.74) is 2.56. The molecule has 2 bridgehead atoms. The zero-order chi connectivity index (χ0) is 16.4. The van der Waals surface area contributed by atoms with E-state index in [0.29, 0.717) is 6.04 Å². The van der Waals surface area contributed by atoms with E-state index in [-0.39, 0.29) is 0 Å². The van der Waals surface area contributed by atoms with Gasteiger partial charge in [0.15, 0.2) is 0 Å². The Morgan fingerprint density at radius 1 is 1.00 bits per heavy atom. The highest BCUT2D eigenvalue weighted by Gasteiger charge is 2.34. The van der Waals surface area contributed by atoms with Crippen LogP contribution in [0.5, 0.6) is 0 Å². The van der Waals surface area contributed by atoms with Gasteiger partial charge in [0, 0.05) is 45.0 Å². The van der Waals surface area contributed by atoms with E-state index >= 15 is 0 Å². The van der Waals surface area contributed by atoms with Gasteiger partial charge in [-0.15, -0.1) is 0 Å². The van der Waals surface area contributed by atoms with E-state index in [4.69, 9.17) is 0 Å². The van der Waals surface area contributed by atoms with Crippen molar-refractivity contribution in [1.29, 1.82) is 0 Å². The predicted octanol–water partition coefficient (Wildman–Crippen LogP) is 2.79. The van der Waals surface area contributed by atoms with Gasteiger partial charge in [0.25, 0.3) is 0 Å². The highest BCUT2D eigenvalue weighted by atomic mass is 15.3. The van der Waals surface area contributed by atoms with Crippen molar-refractivity contribution in [1.82, 2.24) is 19.6 Å². The minimum absolute atomic E-state index is 0.711. The Morgan fingerprint density at radius 2 is 1.88 bits per heavy atom. The summed E-state index contributed by atoms with van der Waals surface area (Å²) < 4.78 is 2.09. The maximum absolute atomic E-state index is 4.52. The van der Waals surface area contributed by atoms with Crippen LogP contribution >= 0.6 is 0 Å². The molecule has 0 N–H and O–H groups in total. The summed E-state index contributed by atoms with van der Waals surface area (Å²) in [7, 11) is 0. The zero-order valence-electron chi connectivity index (χ0n) is 14.6. The van der Waals surface area contributed by atoms with Crippen LogP contribution < -0.4 is 0 Å². The molecule has 1 aromatic carbocycles. The molecule has 2 atom stereocenters. The molecule has 4 heteroatoms. The van der Waals surface area contributed by atoms with Crippen molar-refractivity contribution in [2.24, 2.45) is 5.92 Å². The smallest absolute Gasteiger partial charge is 0.0593 e. The second-order valence-electron chi connectivity index (χ2n) is 7.49. The Labute approximate surface area is 145 Å². The van der Waals surface area contributed by atoms with Crippen molar-refractivity contribution in [3.05, 3.63) is 53.9 Å². The summed E-state index contributed by atoms with van der Waals surface area (Å²) in [6, 6.07) is 13.7. The molecule has 3 aliphatic rings. The molecule has 0 unspecified atom stereocenters. The summed E-state index contributed by atoms with van der Waals surface area (Å²) in [4.78, 5) is 5.39. The lowest BCUT2D eigenvalue weighted by atomic mass is 9.94. The second-order valence-corrected chi connectivity index (χ2v) is 7.49. The topological polar surface area (TPSA) is 24.3 Å². The van der Waals surface area contributed by atoms with Crippen molar-refractivity contribution < 1.29 is 0 Å². The fraction of sp³-hybridized carbons (Fsp3) is 0.550. The minimum Gasteiger partial charge on any atom is -0.300 e. The van der Waals surface area contributed by atoms with E-state index < -0.39 is 0 Å². The normalized spacial score (nSPS) is 25.0. The van der Waals surface area contributed by atoms with Gasteiger partial charge in [0.2, 0.25) is 0 Å². The number of rotatable bonds is 5. The average Bonchev–Trinajstić information content (AvgIpc) is 2.82. The summed E-state index contributed by atoms with van der Waals surface area (Å²) in [5.74, 6) is 0.826. The fourth-order valence-electron chi connectivity index (χ4n) is 4.30. The summed E-state index contributed by atoms with van der Waals surface area (Å²) in [6.45, 7) is 9.01. The van der Waals surface area contributed by atoms with E-state index in [1.807, 2.05) is 0 Å². The van der Waals surface area contributed by atoms with E-state index in [1.165, 1.54) is 38.0 Å². The number of fused-ring (bicyclic) bond motifs is 4. The third kappa shape index (κ3) is 3.70.